The van der Waals surface area contributed by atoms with Gasteiger partial charge in [-0.15, -0.1) is 0 Å². The Morgan fingerprint density at radius 1 is 1.47 bits per heavy atom. The number of nitrogens with one attached hydrogen (secondary N) is 1. The molecule has 1 aromatic rings. The second kappa shape index (κ2) is 5.29. The lowest BCUT2D eigenvalue weighted by atomic mass is 9.87. The number of hydrogen-bond donors (Lipinski definition) is 3. The SMILES string of the molecule is NC(=O)C(N)CNC1CCCc2ccccc21. The summed E-state index contributed by atoms with van der Waals surface area (Å²) < 4.78 is 0. The minimum absolute atomic E-state index is 0.297. The van der Waals surface area contributed by atoms with Gasteiger partial charge in [0.05, 0.1) is 6.04 Å². The number of amides is 1. The molecule has 0 aliphatic heterocycles. The number of hydrogen-bond acceptors (Lipinski definition) is 3. The van der Waals surface area contributed by atoms with Crippen LogP contribution in [0.2, 0.25) is 0 Å². The van der Waals surface area contributed by atoms with Crippen LogP contribution in [-0.4, -0.2) is 18.5 Å². The Morgan fingerprint density at radius 2 is 2.24 bits per heavy atom. The van der Waals surface area contributed by atoms with E-state index in [1.807, 2.05) is 6.07 Å². The zero-order valence-corrected chi connectivity index (χ0v) is 9.86. The number of fused-ring (bicyclic) bond motifs is 1. The van der Waals surface area contributed by atoms with E-state index >= 15 is 0 Å². The Balaban J connectivity index is 2.01. The molecule has 0 spiro atoms. The van der Waals surface area contributed by atoms with Crippen LogP contribution >= 0.6 is 0 Å². The van der Waals surface area contributed by atoms with Crippen molar-refractivity contribution in [3.8, 4) is 0 Å². The molecule has 1 aromatic carbocycles. The van der Waals surface area contributed by atoms with Crippen molar-refractivity contribution >= 4 is 5.91 Å². The number of aryl methyl sites for hydroxylation is 1. The van der Waals surface area contributed by atoms with Crippen molar-refractivity contribution in [3.05, 3.63) is 35.4 Å². The van der Waals surface area contributed by atoms with Crippen LogP contribution in [0.3, 0.4) is 0 Å². The summed E-state index contributed by atoms with van der Waals surface area (Å²) >= 11 is 0. The average molecular weight is 233 g/mol. The van der Waals surface area contributed by atoms with E-state index in [2.05, 4.69) is 23.5 Å². The standard InChI is InChI=1S/C13H19N3O/c14-11(13(15)17)8-16-12-7-3-5-9-4-1-2-6-10(9)12/h1-2,4,6,11-12,16H,3,5,7-8,14H2,(H2,15,17). The maximum Gasteiger partial charge on any atom is 0.235 e. The van der Waals surface area contributed by atoms with Crippen molar-refractivity contribution in [1.82, 2.24) is 5.32 Å². The van der Waals surface area contributed by atoms with E-state index in [1.165, 1.54) is 17.5 Å². The van der Waals surface area contributed by atoms with Crippen molar-refractivity contribution in [3.63, 3.8) is 0 Å². The first kappa shape index (κ1) is 12.1. The van der Waals surface area contributed by atoms with E-state index in [-0.39, 0.29) is 0 Å². The third kappa shape index (κ3) is 2.84. The average Bonchev–Trinajstić information content (AvgIpc) is 2.35. The third-order valence-corrected chi connectivity index (χ3v) is 3.32. The fourth-order valence-electron chi connectivity index (χ4n) is 2.34. The van der Waals surface area contributed by atoms with Crippen molar-refractivity contribution < 1.29 is 4.79 Å². The van der Waals surface area contributed by atoms with E-state index in [9.17, 15) is 4.79 Å². The lowest BCUT2D eigenvalue weighted by Gasteiger charge is -2.27. The van der Waals surface area contributed by atoms with Gasteiger partial charge in [-0.05, 0) is 30.4 Å². The molecule has 2 atom stereocenters. The van der Waals surface area contributed by atoms with Crippen molar-refractivity contribution in [2.24, 2.45) is 11.5 Å². The smallest absolute Gasteiger partial charge is 0.235 e. The molecule has 17 heavy (non-hydrogen) atoms. The van der Waals surface area contributed by atoms with Crippen LogP contribution < -0.4 is 16.8 Å². The maximum absolute atomic E-state index is 10.9. The van der Waals surface area contributed by atoms with Gasteiger partial charge in [0.25, 0.3) is 0 Å². The highest BCUT2D eigenvalue weighted by Crippen LogP contribution is 2.29. The van der Waals surface area contributed by atoms with E-state index in [0.29, 0.717) is 12.6 Å². The molecule has 1 aliphatic carbocycles. The molecule has 92 valence electrons. The Morgan fingerprint density at radius 3 is 3.00 bits per heavy atom. The van der Waals surface area contributed by atoms with Crippen LogP contribution in [0.1, 0.15) is 30.0 Å². The number of carbonyl (C=O) groups is 1. The molecular weight excluding hydrogens is 214 g/mol. The highest BCUT2D eigenvalue weighted by Gasteiger charge is 2.20. The van der Waals surface area contributed by atoms with Gasteiger partial charge in [0.15, 0.2) is 0 Å². The highest BCUT2D eigenvalue weighted by molar-refractivity contribution is 5.79. The van der Waals surface area contributed by atoms with E-state index in [0.717, 1.165) is 12.8 Å². The third-order valence-electron chi connectivity index (χ3n) is 3.32. The molecule has 5 N–H and O–H groups in total. The summed E-state index contributed by atoms with van der Waals surface area (Å²) in [6.45, 7) is 0.439. The molecular formula is C13H19N3O. The van der Waals surface area contributed by atoms with Crippen LogP contribution in [0, 0.1) is 0 Å². The molecule has 4 nitrogen and oxygen atoms in total. The number of primary amides is 1. The highest BCUT2D eigenvalue weighted by atomic mass is 16.1. The first-order chi connectivity index (χ1) is 8.18. The van der Waals surface area contributed by atoms with Crippen LogP contribution in [0.4, 0.5) is 0 Å². The van der Waals surface area contributed by atoms with Crippen LogP contribution in [0.15, 0.2) is 24.3 Å². The van der Waals surface area contributed by atoms with E-state index in [4.69, 9.17) is 11.5 Å². The largest absolute Gasteiger partial charge is 0.368 e. The topological polar surface area (TPSA) is 81.1 Å². The summed E-state index contributed by atoms with van der Waals surface area (Å²) in [5, 5.41) is 3.33. The number of rotatable bonds is 4. The summed E-state index contributed by atoms with van der Waals surface area (Å²) in [6.07, 6.45) is 3.39. The van der Waals surface area contributed by atoms with Gasteiger partial charge in [0.1, 0.15) is 0 Å². The zero-order chi connectivity index (χ0) is 12.3. The van der Waals surface area contributed by atoms with Crippen LogP contribution in [0.25, 0.3) is 0 Å². The lowest BCUT2D eigenvalue weighted by Crippen LogP contribution is -2.45. The molecule has 0 radical (unpaired) electrons. The Labute approximate surface area is 101 Å². The summed E-state index contributed by atoms with van der Waals surface area (Å²) in [6, 6.07) is 8.11. The first-order valence-electron chi connectivity index (χ1n) is 6.04. The normalized spacial score (nSPS) is 20.6. The molecule has 1 aliphatic rings. The van der Waals surface area contributed by atoms with Gasteiger partial charge in [-0.1, -0.05) is 24.3 Å². The summed E-state index contributed by atoms with van der Waals surface area (Å²) in [5.41, 5.74) is 13.5. The molecule has 2 rings (SSSR count). The van der Waals surface area contributed by atoms with Crippen molar-refractivity contribution in [2.75, 3.05) is 6.54 Å². The molecule has 0 saturated carbocycles. The van der Waals surface area contributed by atoms with E-state index in [1.54, 1.807) is 0 Å². The molecule has 0 aromatic heterocycles. The molecule has 0 fully saturated rings. The minimum atomic E-state index is -0.607. The molecule has 2 unspecified atom stereocenters. The zero-order valence-electron chi connectivity index (χ0n) is 9.86. The van der Waals surface area contributed by atoms with Crippen LogP contribution in [0.5, 0.6) is 0 Å². The van der Waals surface area contributed by atoms with Gasteiger partial charge in [-0.25, -0.2) is 0 Å². The summed E-state index contributed by atoms with van der Waals surface area (Å²) in [5.74, 6) is -0.457. The Kier molecular flexibility index (Phi) is 3.76. The maximum atomic E-state index is 10.9. The van der Waals surface area contributed by atoms with Gasteiger partial charge in [0.2, 0.25) is 5.91 Å². The van der Waals surface area contributed by atoms with Crippen molar-refractivity contribution in [2.45, 2.75) is 31.3 Å². The lowest BCUT2D eigenvalue weighted by molar-refractivity contribution is -0.119. The number of carbonyl (C=O) groups excluding carboxylic acids is 1. The Bertz CT molecular complexity index is 405. The van der Waals surface area contributed by atoms with Gasteiger partial charge < -0.3 is 16.8 Å². The van der Waals surface area contributed by atoms with E-state index < -0.39 is 11.9 Å². The molecule has 1 amide bonds. The van der Waals surface area contributed by atoms with Crippen LogP contribution in [-0.2, 0) is 11.2 Å². The first-order valence-corrected chi connectivity index (χ1v) is 6.04. The predicted molar refractivity (Wildman–Crippen MR) is 67.3 cm³/mol. The predicted octanol–water partition coefficient (Wildman–Crippen LogP) is 0.466. The molecule has 0 bridgehead atoms. The monoisotopic (exact) mass is 233 g/mol. The summed E-state index contributed by atoms with van der Waals surface area (Å²) in [7, 11) is 0. The second-order valence-electron chi connectivity index (χ2n) is 4.56. The minimum Gasteiger partial charge on any atom is -0.368 e. The quantitative estimate of drug-likeness (QED) is 0.707. The number of nitrogens with two attached hydrogens (primary N) is 2. The van der Waals surface area contributed by atoms with Gasteiger partial charge in [0, 0.05) is 12.6 Å². The fourth-order valence-corrected chi connectivity index (χ4v) is 2.34. The molecule has 0 heterocycles. The Hall–Kier alpha value is -1.39. The van der Waals surface area contributed by atoms with Gasteiger partial charge >= 0.3 is 0 Å². The number of benzene rings is 1. The second-order valence-corrected chi connectivity index (χ2v) is 4.56. The molecule has 4 heteroatoms. The van der Waals surface area contributed by atoms with Gasteiger partial charge in [-0.3, -0.25) is 4.79 Å². The molecule has 0 saturated heterocycles. The van der Waals surface area contributed by atoms with Gasteiger partial charge in [-0.2, -0.15) is 0 Å². The summed E-state index contributed by atoms with van der Waals surface area (Å²) in [4.78, 5) is 10.9. The fraction of sp³-hybridized carbons (Fsp3) is 0.462. The van der Waals surface area contributed by atoms with Crippen molar-refractivity contribution in [1.29, 1.82) is 0 Å².